The molecule has 1 aliphatic heterocycles. The predicted octanol–water partition coefficient (Wildman–Crippen LogP) is 4.46. The summed E-state index contributed by atoms with van der Waals surface area (Å²) in [7, 11) is 0. The Bertz CT molecular complexity index is 1380. The Morgan fingerprint density at radius 2 is 1.91 bits per heavy atom. The Balaban J connectivity index is 1.43. The Labute approximate surface area is 198 Å². The molecule has 1 unspecified atom stereocenters. The standard InChI is InChI=1S/C24H22F3N7O/c25-24(26,27)16-8-10-30-18(13-16)32-23(35)15-6-4-14(5-7-15)19-20-21(28)31-11-12-34(20)22(33-19)17-3-1-2-9-29-17/h4-8,10-13,17,29H,1-3,9H2,(H2,28,31)(H,30,32,35). The molecule has 4 N–H and O–H groups in total. The first kappa shape index (κ1) is 22.8. The first-order valence-corrected chi connectivity index (χ1v) is 11.1. The molecular formula is C24H22F3N7O. The second-order valence-corrected chi connectivity index (χ2v) is 8.31. The maximum Gasteiger partial charge on any atom is 0.416 e. The number of imidazole rings is 1. The van der Waals surface area contributed by atoms with Crippen LogP contribution in [0.25, 0.3) is 16.8 Å². The van der Waals surface area contributed by atoms with Crippen LogP contribution in [0.3, 0.4) is 0 Å². The van der Waals surface area contributed by atoms with Gasteiger partial charge < -0.3 is 16.4 Å². The molecule has 1 saturated heterocycles. The highest BCUT2D eigenvalue weighted by Crippen LogP contribution is 2.33. The summed E-state index contributed by atoms with van der Waals surface area (Å²) in [6.07, 6.45) is 3.13. The summed E-state index contributed by atoms with van der Waals surface area (Å²) in [4.78, 5) is 25.5. The zero-order valence-electron chi connectivity index (χ0n) is 18.5. The van der Waals surface area contributed by atoms with Crippen LogP contribution in [0.1, 0.15) is 47.1 Å². The topological polar surface area (TPSA) is 110 Å². The number of fused-ring (bicyclic) bond motifs is 1. The zero-order chi connectivity index (χ0) is 24.6. The second kappa shape index (κ2) is 8.99. The van der Waals surface area contributed by atoms with E-state index < -0.39 is 17.6 Å². The number of hydrogen-bond donors (Lipinski definition) is 3. The van der Waals surface area contributed by atoms with Crippen molar-refractivity contribution in [2.45, 2.75) is 31.5 Å². The van der Waals surface area contributed by atoms with E-state index in [1.54, 1.807) is 30.5 Å². The van der Waals surface area contributed by atoms with Crippen molar-refractivity contribution in [3.8, 4) is 11.3 Å². The Morgan fingerprint density at radius 3 is 2.63 bits per heavy atom. The number of hydrogen-bond acceptors (Lipinski definition) is 6. The molecular weight excluding hydrogens is 459 g/mol. The summed E-state index contributed by atoms with van der Waals surface area (Å²) < 4.78 is 40.7. The van der Waals surface area contributed by atoms with Crippen molar-refractivity contribution in [1.82, 2.24) is 24.7 Å². The number of anilines is 2. The third kappa shape index (κ3) is 4.54. The van der Waals surface area contributed by atoms with E-state index in [0.29, 0.717) is 17.0 Å². The van der Waals surface area contributed by atoms with Crippen molar-refractivity contribution in [3.05, 3.63) is 71.9 Å². The number of nitrogens with zero attached hydrogens (tertiary/aromatic N) is 4. The minimum atomic E-state index is -4.53. The molecule has 3 aromatic heterocycles. The maximum absolute atomic E-state index is 12.9. The van der Waals surface area contributed by atoms with E-state index in [9.17, 15) is 18.0 Å². The normalized spacial score (nSPS) is 16.4. The first-order valence-electron chi connectivity index (χ1n) is 11.1. The number of amides is 1. The van der Waals surface area contributed by atoms with E-state index in [1.807, 2.05) is 10.6 Å². The fourth-order valence-electron chi connectivity index (χ4n) is 4.25. The Kier molecular flexibility index (Phi) is 5.85. The molecule has 8 nitrogen and oxygen atoms in total. The van der Waals surface area contributed by atoms with Crippen molar-refractivity contribution in [2.75, 3.05) is 17.6 Å². The fraction of sp³-hybridized carbons (Fsp3) is 0.250. The number of nitrogens with one attached hydrogen (secondary N) is 2. The van der Waals surface area contributed by atoms with Crippen LogP contribution in [0.15, 0.2) is 55.0 Å². The minimum absolute atomic E-state index is 0.0943. The summed E-state index contributed by atoms with van der Waals surface area (Å²) in [5, 5.41) is 5.91. The van der Waals surface area contributed by atoms with E-state index in [4.69, 9.17) is 10.7 Å². The van der Waals surface area contributed by atoms with Gasteiger partial charge in [-0.1, -0.05) is 18.6 Å². The van der Waals surface area contributed by atoms with Gasteiger partial charge in [-0.25, -0.2) is 15.0 Å². The molecule has 4 aromatic rings. The lowest BCUT2D eigenvalue weighted by atomic mass is 10.0. The van der Waals surface area contributed by atoms with Crippen molar-refractivity contribution in [1.29, 1.82) is 0 Å². The number of rotatable bonds is 4. The summed E-state index contributed by atoms with van der Waals surface area (Å²) in [5.41, 5.74) is 7.63. The van der Waals surface area contributed by atoms with Gasteiger partial charge in [0.25, 0.3) is 5.91 Å². The lowest BCUT2D eigenvalue weighted by Gasteiger charge is -2.22. The van der Waals surface area contributed by atoms with Gasteiger partial charge in [-0.2, -0.15) is 13.2 Å². The third-order valence-electron chi connectivity index (χ3n) is 5.98. The van der Waals surface area contributed by atoms with E-state index in [1.165, 1.54) is 0 Å². The number of benzene rings is 1. The van der Waals surface area contributed by atoms with Crippen LogP contribution in [0, 0.1) is 0 Å². The molecule has 180 valence electrons. The van der Waals surface area contributed by atoms with Gasteiger partial charge in [-0.3, -0.25) is 9.20 Å². The van der Waals surface area contributed by atoms with E-state index in [-0.39, 0.29) is 17.4 Å². The van der Waals surface area contributed by atoms with Gasteiger partial charge in [0.1, 0.15) is 28.7 Å². The van der Waals surface area contributed by atoms with Gasteiger partial charge in [-0.05, 0) is 43.7 Å². The highest BCUT2D eigenvalue weighted by atomic mass is 19.4. The van der Waals surface area contributed by atoms with Crippen LogP contribution in [-0.4, -0.2) is 31.8 Å². The van der Waals surface area contributed by atoms with Gasteiger partial charge in [0.15, 0.2) is 0 Å². The molecule has 1 amide bonds. The van der Waals surface area contributed by atoms with Gasteiger partial charge in [-0.15, -0.1) is 0 Å². The van der Waals surface area contributed by atoms with Crippen LogP contribution in [0.5, 0.6) is 0 Å². The summed E-state index contributed by atoms with van der Waals surface area (Å²) >= 11 is 0. The molecule has 11 heteroatoms. The molecule has 1 atom stereocenters. The fourth-order valence-corrected chi connectivity index (χ4v) is 4.25. The maximum atomic E-state index is 12.9. The molecule has 1 aromatic carbocycles. The van der Waals surface area contributed by atoms with Gasteiger partial charge in [0.2, 0.25) is 0 Å². The molecule has 1 aliphatic rings. The van der Waals surface area contributed by atoms with Crippen LogP contribution in [0.2, 0.25) is 0 Å². The molecule has 1 fully saturated rings. The first-order chi connectivity index (χ1) is 16.8. The van der Waals surface area contributed by atoms with E-state index >= 15 is 0 Å². The average Bonchev–Trinajstić information content (AvgIpc) is 3.25. The average molecular weight is 481 g/mol. The lowest BCUT2D eigenvalue weighted by Crippen LogP contribution is -2.28. The van der Waals surface area contributed by atoms with Gasteiger partial charge in [0.05, 0.1) is 11.6 Å². The minimum Gasteiger partial charge on any atom is -0.382 e. The molecule has 5 rings (SSSR count). The molecule has 4 heterocycles. The quantitative estimate of drug-likeness (QED) is 0.397. The molecule has 0 radical (unpaired) electrons. The molecule has 0 bridgehead atoms. The number of piperidine rings is 1. The number of aromatic nitrogens is 4. The molecule has 35 heavy (non-hydrogen) atoms. The SMILES string of the molecule is Nc1nccn2c(C3CCCCN3)nc(-c3ccc(C(=O)Nc4cc(C(F)(F)F)ccn4)cc3)c12. The molecule has 0 saturated carbocycles. The number of carbonyl (C=O) groups excluding carboxylic acids is 1. The number of nitrogen functional groups attached to an aromatic ring is 1. The number of halogens is 3. The van der Waals surface area contributed by atoms with Crippen molar-refractivity contribution < 1.29 is 18.0 Å². The van der Waals surface area contributed by atoms with Crippen LogP contribution >= 0.6 is 0 Å². The number of pyridine rings is 1. The summed E-state index contributed by atoms with van der Waals surface area (Å²) in [5.74, 6) is 0.430. The summed E-state index contributed by atoms with van der Waals surface area (Å²) in [6.45, 7) is 0.917. The highest BCUT2D eigenvalue weighted by Gasteiger charge is 2.31. The van der Waals surface area contributed by atoms with Crippen molar-refractivity contribution in [2.24, 2.45) is 0 Å². The summed E-state index contributed by atoms with van der Waals surface area (Å²) in [6, 6.07) is 8.33. The number of alkyl halides is 3. The smallest absolute Gasteiger partial charge is 0.382 e. The molecule has 0 aliphatic carbocycles. The van der Waals surface area contributed by atoms with Crippen LogP contribution in [0.4, 0.5) is 24.8 Å². The van der Waals surface area contributed by atoms with Crippen LogP contribution < -0.4 is 16.4 Å². The lowest BCUT2D eigenvalue weighted by molar-refractivity contribution is -0.137. The third-order valence-corrected chi connectivity index (χ3v) is 5.98. The Morgan fingerprint density at radius 1 is 1.11 bits per heavy atom. The van der Waals surface area contributed by atoms with E-state index in [0.717, 1.165) is 55.5 Å². The van der Waals surface area contributed by atoms with Crippen LogP contribution in [-0.2, 0) is 6.18 Å². The van der Waals surface area contributed by atoms with E-state index in [2.05, 4.69) is 20.6 Å². The Hall–Kier alpha value is -3.99. The largest absolute Gasteiger partial charge is 0.416 e. The number of nitrogens with two attached hydrogens (primary N) is 1. The van der Waals surface area contributed by atoms with Gasteiger partial charge >= 0.3 is 6.18 Å². The molecule has 0 spiro atoms. The monoisotopic (exact) mass is 481 g/mol. The zero-order valence-corrected chi connectivity index (χ0v) is 18.5. The highest BCUT2D eigenvalue weighted by molar-refractivity contribution is 6.04. The predicted molar refractivity (Wildman–Crippen MR) is 125 cm³/mol. The van der Waals surface area contributed by atoms with Crippen molar-refractivity contribution in [3.63, 3.8) is 0 Å². The second-order valence-electron chi connectivity index (χ2n) is 8.31. The number of carbonyl (C=O) groups is 1. The van der Waals surface area contributed by atoms with Crippen molar-refractivity contribution >= 4 is 23.1 Å². The van der Waals surface area contributed by atoms with Gasteiger partial charge in [0, 0.05) is 29.7 Å².